The fourth-order valence-electron chi connectivity index (χ4n) is 2.31. The molecule has 4 heteroatoms. The van der Waals surface area contributed by atoms with Crippen LogP contribution in [-0.2, 0) is 6.54 Å². The largest absolute Gasteiger partial charge is 0.381 e. The van der Waals surface area contributed by atoms with E-state index in [0.29, 0.717) is 6.04 Å². The lowest BCUT2D eigenvalue weighted by molar-refractivity contribution is 0.644. The van der Waals surface area contributed by atoms with Crippen molar-refractivity contribution in [2.75, 3.05) is 16.8 Å². The molecule has 0 spiro atoms. The summed E-state index contributed by atoms with van der Waals surface area (Å²) >= 11 is 5.43. The number of para-hydroxylation sites is 2. The molecule has 0 amide bonds. The second-order valence-electron chi connectivity index (χ2n) is 4.57. The third kappa shape index (κ3) is 2.15. The first-order chi connectivity index (χ1) is 8.75. The van der Waals surface area contributed by atoms with Gasteiger partial charge in [-0.3, -0.25) is 0 Å². The van der Waals surface area contributed by atoms with Crippen molar-refractivity contribution in [3.63, 3.8) is 0 Å². The number of nitrogens with zero attached hydrogens (tertiary/aromatic N) is 1. The molecule has 0 saturated heterocycles. The number of fused-ring (bicyclic) bond motifs is 1. The summed E-state index contributed by atoms with van der Waals surface area (Å²) in [6.45, 7) is 4.24. The van der Waals surface area contributed by atoms with E-state index in [1.165, 1.54) is 20.7 Å². The van der Waals surface area contributed by atoms with E-state index in [2.05, 4.69) is 68.8 Å². The third-order valence-electron chi connectivity index (χ3n) is 3.34. The van der Waals surface area contributed by atoms with E-state index >= 15 is 0 Å². The zero-order chi connectivity index (χ0) is 12.5. The summed E-state index contributed by atoms with van der Waals surface area (Å²) in [5, 5.41) is 5.62. The van der Waals surface area contributed by atoms with Crippen molar-refractivity contribution in [1.29, 1.82) is 0 Å². The van der Waals surface area contributed by atoms with Crippen LogP contribution in [0.5, 0.6) is 0 Å². The van der Waals surface area contributed by atoms with Crippen LogP contribution < -0.4 is 10.2 Å². The van der Waals surface area contributed by atoms with Crippen molar-refractivity contribution >= 4 is 38.6 Å². The summed E-state index contributed by atoms with van der Waals surface area (Å²) in [5.41, 5.74) is 2.54. The topological polar surface area (TPSA) is 15.3 Å². The van der Waals surface area contributed by atoms with E-state index in [1.54, 1.807) is 0 Å². The van der Waals surface area contributed by atoms with E-state index in [-0.39, 0.29) is 0 Å². The first-order valence-electron chi connectivity index (χ1n) is 6.07. The molecule has 2 nitrogen and oxygen atoms in total. The summed E-state index contributed by atoms with van der Waals surface area (Å²) in [4.78, 5) is 3.86. The van der Waals surface area contributed by atoms with Gasteiger partial charge in [-0.2, -0.15) is 0 Å². The van der Waals surface area contributed by atoms with Gasteiger partial charge in [0.25, 0.3) is 0 Å². The zero-order valence-electron chi connectivity index (χ0n) is 10.2. The predicted octanol–water partition coefficient (Wildman–Crippen LogP) is 4.33. The SMILES string of the molecule is CC1CNc2ccccc2N1Cc1sccc1Br. The monoisotopic (exact) mass is 322 g/mol. The molecule has 1 aromatic carbocycles. The molecule has 3 rings (SSSR count). The van der Waals surface area contributed by atoms with Crippen LogP contribution in [0.4, 0.5) is 11.4 Å². The lowest BCUT2D eigenvalue weighted by Gasteiger charge is -2.37. The Hall–Kier alpha value is -1.00. The normalized spacial score (nSPS) is 18.3. The maximum atomic E-state index is 3.62. The molecule has 0 fully saturated rings. The Balaban J connectivity index is 1.93. The number of nitrogens with one attached hydrogen (secondary N) is 1. The minimum atomic E-state index is 0.508. The molecule has 18 heavy (non-hydrogen) atoms. The van der Waals surface area contributed by atoms with Crippen molar-refractivity contribution in [3.8, 4) is 0 Å². The van der Waals surface area contributed by atoms with Gasteiger partial charge in [-0.05, 0) is 46.4 Å². The molecule has 1 atom stereocenters. The standard InChI is InChI=1S/C14H15BrN2S/c1-10-8-16-12-4-2-3-5-13(12)17(10)9-14-11(15)6-7-18-14/h2-7,10,16H,8-9H2,1H3. The predicted molar refractivity (Wildman–Crippen MR) is 82.6 cm³/mol. The van der Waals surface area contributed by atoms with E-state index in [4.69, 9.17) is 0 Å². The first-order valence-corrected chi connectivity index (χ1v) is 7.74. The number of thiophene rings is 1. The van der Waals surface area contributed by atoms with E-state index in [9.17, 15) is 0 Å². The third-order valence-corrected chi connectivity index (χ3v) is 5.25. The van der Waals surface area contributed by atoms with Gasteiger partial charge in [-0.1, -0.05) is 12.1 Å². The van der Waals surface area contributed by atoms with Crippen molar-refractivity contribution in [2.45, 2.75) is 19.5 Å². The van der Waals surface area contributed by atoms with Crippen molar-refractivity contribution in [1.82, 2.24) is 0 Å². The van der Waals surface area contributed by atoms with Crippen molar-refractivity contribution in [2.24, 2.45) is 0 Å². The average molecular weight is 323 g/mol. The average Bonchev–Trinajstić information content (AvgIpc) is 2.79. The van der Waals surface area contributed by atoms with Gasteiger partial charge in [-0.25, -0.2) is 0 Å². The molecular formula is C14H15BrN2S. The molecule has 0 radical (unpaired) electrons. The van der Waals surface area contributed by atoms with Crippen LogP contribution in [0, 0.1) is 0 Å². The Kier molecular flexibility index (Phi) is 3.31. The molecule has 0 bridgehead atoms. The van der Waals surface area contributed by atoms with Gasteiger partial charge in [0.05, 0.1) is 17.9 Å². The molecule has 0 aliphatic carbocycles. The van der Waals surface area contributed by atoms with Gasteiger partial charge in [0, 0.05) is 21.9 Å². The quantitative estimate of drug-likeness (QED) is 0.885. The van der Waals surface area contributed by atoms with Gasteiger partial charge in [0.2, 0.25) is 0 Å². The molecule has 1 N–H and O–H groups in total. The van der Waals surface area contributed by atoms with Gasteiger partial charge in [-0.15, -0.1) is 11.3 Å². The van der Waals surface area contributed by atoms with Gasteiger partial charge in [0.1, 0.15) is 0 Å². The Labute approximate surface area is 120 Å². The van der Waals surface area contributed by atoms with Crippen molar-refractivity contribution < 1.29 is 0 Å². The maximum Gasteiger partial charge on any atom is 0.0608 e. The summed E-state index contributed by atoms with van der Waals surface area (Å²) in [5.74, 6) is 0. The number of rotatable bonds is 2. The lowest BCUT2D eigenvalue weighted by atomic mass is 10.1. The number of anilines is 2. The molecule has 2 aromatic rings. The first kappa shape index (κ1) is 12.1. The van der Waals surface area contributed by atoms with E-state index in [0.717, 1.165) is 13.1 Å². The summed E-state index contributed by atoms with van der Waals surface area (Å²) in [6.07, 6.45) is 0. The number of hydrogen-bond acceptors (Lipinski definition) is 3. The minimum absolute atomic E-state index is 0.508. The summed E-state index contributed by atoms with van der Waals surface area (Å²) < 4.78 is 1.22. The Morgan fingerprint density at radius 1 is 1.39 bits per heavy atom. The highest BCUT2D eigenvalue weighted by Crippen LogP contribution is 2.34. The Bertz CT molecular complexity index is 552. The highest BCUT2D eigenvalue weighted by atomic mass is 79.9. The van der Waals surface area contributed by atoms with Gasteiger partial charge >= 0.3 is 0 Å². The molecule has 1 aliphatic heterocycles. The number of halogens is 1. The van der Waals surface area contributed by atoms with Crippen LogP contribution in [0.3, 0.4) is 0 Å². The van der Waals surface area contributed by atoms with Crippen LogP contribution in [-0.4, -0.2) is 12.6 Å². The molecule has 94 valence electrons. The van der Waals surface area contributed by atoms with Crippen LogP contribution in [0.25, 0.3) is 0 Å². The van der Waals surface area contributed by atoms with Gasteiger partial charge < -0.3 is 10.2 Å². The van der Waals surface area contributed by atoms with Crippen LogP contribution in [0.15, 0.2) is 40.2 Å². The fraction of sp³-hybridized carbons (Fsp3) is 0.286. The second kappa shape index (κ2) is 4.94. The maximum absolute atomic E-state index is 3.62. The molecule has 0 saturated carbocycles. The number of benzene rings is 1. The Morgan fingerprint density at radius 2 is 2.22 bits per heavy atom. The van der Waals surface area contributed by atoms with E-state index < -0.39 is 0 Å². The molecule has 2 heterocycles. The summed E-state index contributed by atoms with van der Waals surface area (Å²) in [6, 6.07) is 11.2. The molecule has 1 unspecified atom stereocenters. The zero-order valence-corrected chi connectivity index (χ0v) is 12.6. The second-order valence-corrected chi connectivity index (χ2v) is 6.42. The fourth-order valence-corrected chi connectivity index (χ4v) is 3.79. The van der Waals surface area contributed by atoms with Crippen LogP contribution >= 0.6 is 27.3 Å². The van der Waals surface area contributed by atoms with E-state index in [1.807, 2.05) is 11.3 Å². The smallest absolute Gasteiger partial charge is 0.0608 e. The summed E-state index contributed by atoms with van der Waals surface area (Å²) in [7, 11) is 0. The Morgan fingerprint density at radius 3 is 3.00 bits per heavy atom. The highest BCUT2D eigenvalue weighted by molar-refractivity contribution is 9.10. The molecule has 1 aliphatic rings. The number of hydrogen-bond donors (Lipinski definition) is 1. The van der Waals surface area contributed by atoms with Crippen molar-refractivity contribution in [3.05, 3.63) is 45.1 Å². The minimum Gasteiger partial charge on any atom is -0.381 e. The van der Waals surface area contributed by atoms with Crippen LogP contribution in [0.1, 0.15) is 11.8 Å². The van der Waals surface area contributed by atoms with Crippen LogP contribution in [0.2, 0.25) is 0 Å². The molecular weight excluding hydrogens is 308 g/mol. The lowest BCUT2D eigenvalue weighted by Crippen LogP contribution is -2.41. The molecule has 1 aromatic heterocycles. The highest BCUT2D eigenvalue weighted by Gasteiger charge is 2.23. The van der Waals surface area contributed by atoms with Gasteiger partial charge in [0.15, 0.2) is 0 Å².